The van der Waals surface area contributed by atoms with Crippen LogP contribution in [-0.4, -0.2) is 82.4 Å². The molecule has 0 unspecified atom stereocenters. The zero-order chi connectivity index (χ0) is 63.7. The Morgan fingerprint density at radius 3 is 1.06 bits per heavy atom. The van der Waals surface area contributed by atoms with E-state index in [2.05, 4.69) is 101 Å². The Hall–Kier alpha value is -6.17. The third kappa shape index (κ3) is 54.4. The summed E-state index contributed by atoms with van der Waals surface area (Å²) in [6, 6.07) is 5.60. The Balaban J connectivity index is -0.000000261. The van der Waals surface area contributed by atoms with Gasteiger partial charge in [-0.3, -0.25) is 0 Å². The van der Waals surface area contributed by atoms with Gasteiger partial charge in [0.15, 0.2) is 5.82 Å². The van der Waals surface area contributed by atoms with Crippen molar-refractivity contribution in [3.63, 3.8) is 0 Å². The smallest absolute Gasteiger partial charge is 0.223 e. The lowest BCUT2D eigenvalue weighted by molar-refractivity contribution is 0.389. The highest BCUT2D eigenvalue weighted by Gasteiger charge is 1.93. The molecule has 0 N–H and O–H groups in total. The second kappa shape index (κ2) is 59.5. The zero-order valence-electron chi connectivity index (χ0n) is 53.4. The van der Waals surface area contributed by atoms with Crippen molar-refractivity contribution in [2.75, 3.05) is 0 Å². The molecule has 11 rings (SSSR count). The van der Waals surface area contributed by atoms with E-state index in [-0.39, 0.29) is 0 Å². The first-order chi connectivity index (χ1) is 39.2. The molecule has 0 aliphatic heterocycles. The number of nitrogens with zero attached hydrogens (tertiary/aromatic N) is 17. The average molecular weight is 1270 g/mol. The second-order valence-corrected chi connectivity index (χ2v) is 20.6. The number of aromatic nitrogens is 17. The summed E-state index contributed by atoms with van der Waals surface area (Å²) in [4.78, 5) is 14.3. The van der Waals surface area contributed by atoms with Crippen LogP contribution in [0.25, 0.3) is 0 Å². The van der Waals surface area contributed by atoms with Crippen LogP contribution < -0.4 is 0 Å². The van der Waals surface area contributed by atoms with Crippen LogP contribution in [-0.2, 0) is 0 Å². The topological polar surface area (TPSA) is 272 Å². The van der Waals surface area contributed by atoms with Gasteiger partial charge in [-0.1, -0.05) is 98.8 Å². The zero-order valence-corrected chi connectivity index (χ0v) is 59.1. The standard InChI is InChI=1S/C4H6N2O.5C4H6N2S.3C4H5NO.2C4H5NS.5C2H6/c1-3-5-4(2)7-6-3;1-3-5-6-4(2)7-3;2*1-3-5-4(2)7-6-3;2*1-3-4(2)7-6-5-3;1-4-2-5-6-3-4;1-4-2-3-6-5-4;1-4-2-3-5-6-4;1-4-2-5-6-3-4;1-4-2-3-6-5-4;5*1-2/h6*1-2H3;5*2-3H,1H3;5*1-2H3. The van der Waals surface area contributed by atoms with Crippen LogP contribution in [0.5, 0.6) is 0 Å². The van der Waals surface area contributed by atoms with Gasteiger partial charge in [-0.25, -0.2) is 14.3 Å². The molecule has 82 heavy (non-hydrogen) atoms. The van der Waals surface area contributed by atoms with Crippen LogP contribution in [0.3, 0.4) is 0 Å². The summed E-state index contributed by atoms with van der Waals surface area (Å²) in [5.74, 6) is 3.93. The van der Waals surface area contributed by atoms with E-state index in [0.29, 0.717) is 11.7 Å². The number of rotatable bonds is 0. The quantitative estimate of drug-likeness (QED) is 0.136. The Morgan fingerprint density at radius 1 is 0.427 bits per heavy atom. The van der Waals surface area contributed by atoms with Gasteiger partial charge in [-0.05, 0) is 192 Å². The maximum Gasteiger partial charge on any atom is 0.223 e. The molecule has 0 radical (unpaired) electrons. The summed E-state index contributed by atoms with van der Waals surface area (Å²) in [6.07, 6.45) is 8.29. The normalized spacial score (nSPS) is 8.43. The van der Waals surface area contributed by atoms with Crippen molar-refractivity contribution in [1.29, 1.82) is 0 Å². The maximum absolute atomic E-state index is 4.60. The fourth-order valence-electron chi connectivity index (χ4n) is 3.50. The van der Waals surface area contributed by atoms with Crippen LogP contribution in [0.4, 0.5) is 0 Å². The number of aryl methyl sites for hydroxylation is 17. The fourth-order valence-corrected chi connectivity index (χ4v) is 7.02. The van der Waals surface area contributed by atoms with Crippen molar-refractivity contribution in [3.8, 4) is 0 Å². The Labute approximate surface area is 517 Å². The molecule has 28 heteroatoms. The third-order valence-corrected chi connectivity index (χ3v) is 12.1. The first-order valence-corrected chi connectivity index (χ1v) is 31.7. The third-order valence-electron chi connectivity index (χ3n) is 7.08. The fraction of sp³-hybridized carbons (Fsp3) is 0.500. The van der Waals surface area contributed by atoms with Crippen LogP contribution in [0, 0.1) is 118 Å². The summed E-state index contributed by atoms with van der Waals surface area (Å²) in [6.45, 7) is 52.7. The van der Waals surface area contributed by atoms with Crippen molar-refractivity contribution in [3.05, 3.63) is 153 Å². The van der Waals surface area contributed by atoms with Gasteiger partial charge in [0.2, 0.25) is 5.89 Å². The maximum atomic E-state index is 4.60. The van der Waals surface area contributed by atoms with Gasteiger partial charge in [0.1, 0.15) is 50.0 Å². The molecular formula is C54H91N17O4S7. The highest BCUT2D eigenvalue weighted by atomic mass is 32.1. The number of hydrogen-bond acceptors (Lipinski definition) is 28. The molecule has 0 aromatic carbocycles. The molecule has 21 nitrogen and oxygen atoms in total. The van der Waals surface area contributed by atoms with Crippen molar-refractivity contribution in [2.45, 2.75) is 187 Å². The van der Waals surface area contributed by atoms with Crippen LogP contribution >= 0.6 is 80.5 Å². The van der Waals surface area contributed by atoms with Gasteiger partial charge in [-0.15, -0.1) is 31.7 Å². The molecule has 11 heterocycles. The van der Waals surface area contributed by atoms with Gasteiger partial charge in [0, 0.05) is 51.3 Å². The van der Waals surface area contributed by atoms with E-state index >= 15 is 0 Å². The van der Waals surface area contributed by atoms with Gasteiger partial charge in [0.05, 0.1) is 35.2 Å². The number of hydrogen-bond donors (Lipinski definition) is 0. The molecule has 11 aromatic heterocycles. The monoisotopic (exact) mass is 1270 g/mol. The van der Waals surface area contributed by atoms with Crippen molar-refractivity contribution < 1.29 is 18.1 Å². The van der Waals surface area contributed by atoms with Gasteiger partial charge in [-0.2, -0.15) is 18.1 Å². The second-order valence-electron chi connectivity index (χ2n) is 14.1. The van der Waals surface area contributed by atoms with Crippen LogP contribution in [0.1, 0.15) is 162 Å². The van der Waals surface area contributed by atoms with Gasteiger partial charge >= 0.3 is 0 Å². The summed E-state index contributed by atoms with van der Waals surface area (Å²) < 4.78 is 41.3. The Bertz CT molecular complexity index is 2400. The molecule has 0 atom stereocenters. The molecule has 11 aromatic rings. The molecule has 0 fully saturated rings. The highest BCUT2D eigenvalue weighted by molar-refractivity contribution is 7.11. The molecule has 0 bridgehead atoms. The van der Waals surface area contributed by atoms with E-state index in [1.54, 1.807) is 62.2 Å². The van der Waals surface area contributed by atoms with E-state index in [4.69, 9.17) is 0 Å². The molecule has 0 saturated heterocycles. The Morgan fingerprint density at radius 2 is 0.951 bits per heavy atom. The molecule has 0 spiro atoms. The molecule has 0 aliphatic rings. The van der Waals surface area contributed by atoms with E-state index in [1.165, 1.54) is 84.5 Å². The van der Waals surface area contributed by atoms with Gasteiger partial charge in [0.25, 0.3) is 0 Å². The minimum atomic E-state index is 0.623. The predicted octanol–water partition coefficient (Wildman–Crippen LogP) is 17.4. The summed E-state index contributed by atoms with van der Waals surface area (Å²) in [5, 5.41) is 37.2. The Kier molecular flexibility index (Phi) is 61.4. The minimum absolute atomic E-state index is 0.623. The first-order valence-electron chi connectivity index (χ1n) is 26.2. The van der Waals surface area contributed by atoms with Gasteiger partial charge < -0.3 is 18.1 Å². The predicted molar refractivity (Wildman–Crippen MR) is 345 cm³/mol. The van der Waals surface area contributed by atoms with E-state index in [1.807, 2.05) is 196 Å². The van der Waals surface area contributed by atoms with Crippen LogP contribution in [0.2, 0.25) is 0 Å². The summed E-state index contributed by atoms with van der Waals surface area (Å²) in [7, 11) is 0. The lowest BCUT2D eigenvalue weighted by Gasteiger charge is -1.74. The van der Waals surface area contributed by atoms with E-state index in [0.717, 1.165) is 65.8 Å². The highest BCUT2D eigenvalue weighted by Crippen LogP contribution is 2.06. The SMILES string of the molecule is CC.CC.CC.CC.CC.Cc1ccno1.Cc1ccon1.Cc1ccsn1.Cc1cnoc1.Cc1cnsc1.Cc1nnc(C)s1.Cc1nnsc1C.Cc1nnsc1C.Cc1noc(C)n1.Cc1nsc(C)n1.Cc1nsc(C)n1. The van der Waals surface area contributed by atoms with Crippen molar-refractivity contribution >= 4 is 80.5 Å². The molecule has 458 valence electrons. The summed E-state index contributed by atoms with van der Waals surface area (Å²) in [5.41, 5.74) is 6.44. The molecule has 0 saturated carbocycles. The lowest BCUT2D eigenvalue weighted by Crippen LogP contribution is -1.70. The van der Waals surface area contributed by atoms with E-state index in [9.17, 15) is 0 Å². The molecule has 0 aliphatic carbocycles. The first kappa shape index (κ1) is 84.6. The van der Waals surface area contributed by atoms with Crippen molar-refractivity contribution in [2.24, 2.45) is 0 Å². The summed E-state index contributed by atoms with van der Waals surface area (Å²) >= 11 is 10.4. The minimum Gasteiger partial charge on any atom is -0.365 e. The lowest BCUT2D eigenvalue weighted by atomic mass is 10.4. The molecule has 0 amide bonds. The van der Waals surface area contributed by atoms with E-state index < -0.39 is 0 Å². The largest absolute Gasteiger partial charge is 0.365 e. The molecular weight excluding hydrogens is 1180 g/mol. The van der Waals surface area contributed by atoms with Crippen molar-refractivity contribution in [1.82, 2.24) is 82.4 Å². The average Bonchev–Trinajstić information content (AvgIpc) is 4.28. The van der Waals surface area contributed by atoms with Crippen LogP contribution in [0.15, 0.2) is 78.2 Å².